The third-order valence-electron chi connectivity index (χ3n) is 5.65. The van der Waals surface area contributed by atoms with Crippen LogP contribution in [0.5, 0.6) is 11.5 Å². The summed E-state index contributed by atoms with van der Waals surface area (Å²) in [4.78, 5) is 23.2. The molecule has 3 aromatic carbocycles. The number of carbonyl (C=O) groups is 2. The lowest BCUT2D eigenvalue weighted by Gasteiger charge is -2.34. The van der Waals surface area contributed by atoms with Crippen LogP contribution in [0.2, 0.25) is 0 Å². The van der Waals surface area contributed by atoms with Gasteiger partial charge in [0.15, 0.2) is 11.5 Å². The normalized spacial score (nSPS) is 13.8. The number of hydrogen-bond acceptors (Lipinski definition) is 6. The number of para-hydroxylation sites is 2. The summed E-state index contributed by atoms with van der Waals surface area (Å²) in [6.07, 6.45) is 0. The largest absolute Gasteiger partial charge is 0.488 e. The summed E-state index contributed by atoms with van der Waals surface area (Å²) in [5, 5.41) is 14.8. The van der Waals surface area contributed by atoms with E-state index < -0.39 is 11.9 Å². The van der Waals surface area contributed by atoms with Crippen LogP contribution in [-0.2, 0) is 22.7 Å². The van der Waals surface area contributed by atoms with Crippen LogP contribution < -0.4 is 9.47 Å². The fraction of sp³-hybridized carbons (Fsp3) is 0.286. The van der Waals surface area contributed by atoms with Gasteiger partial charge in [0.1, 0.15) is 13.2 Å². The predicted octanol–water partition coefficient (Wildman–Crippen LogP) is 3.62. The molecule has 0 aromatic heterocycles. The van der Waals surface area contributed by atoms with Crippen LogP contribution in [-0.4, -0.2) is 71.3 Å². The highest BCUT2D eigenvalue weighted by molar-refractivity contribution is 6.27. The lowest BCUT2D eigenvalue weighted by atomic mass is 10.2. The first-order chi connectivity index (χ1) is 17.5. The molecule has 3 aromatic rings. The van der Waals surface area contributed by atoms with Gasteiger partial charge >= 0.3 is 11.9 Å². The molecule has 8 nitrogen and oxygen atoms in total. The zero-order valence-electron chi connectivity index (χ0n) is 20.2. The van der Waals surface area contributed by atoms with Gasteiger partial charge in [0.05, 0.1) is 0 Å². The SMILES string of the molecule is O=C(O)C(=O)O.c1ccc(COc2ccccc2OCCN2CCN(Cc3ccccc3)CC2)cc1. The van der Waals surface area contributed by atoms with Crippen molar-refractivity contribution in [2.45, 2.75) is 13.2 Å². The summed E-state index contributed by atoms with van der Waals surface area (Å²) in [5.74, 6) is -2.03. The summed E-state index contributed by atoms with van der Waals surface area (Å²) < 4.78 is 12.1. The molecule has 1 fully saturated rings. The van der Waals surface area contributed by atoms with Gasteiger partial charge < -0.3 is 19.7 Å². The van der Waals surface area contributed by atoms with Crippen molar-refractivity contribution in [3.8, 4) is 11.5 Å². The number of carboxylic acid groups (broad SMARTS) is 2. The Morgan fingerprint density at radius 3 is 1.67 bits per heavy atom. The second-order valence-electron chi connectivity index (χ2n) is 8.28. The van der Waals surface area contributed by atoms with E-state index in [1.165, 1.54) is 5.56 Å². The van der Waals surface area contributed by atoms with Crippen molar-refractivity contribution in [3.05, 3.63) is 96.1 Å². The molecule has 2 N–H and O–H groups in total. The van der Waals surface area contributed by atoms with Crippen molar-refractivity contribution in [1.82, 2.24) is 9.80 Å². The zero-order chi connectivity index (χ0) is 25.6. The minimum Gasteiger partial charge on any atom is -0.488 e. The fourth-order valence-electron chi connectivity index (χ4n) is 3.72. The molecule has 0 amide bonds. The van der Waals surface area contributed by atoms with E-state index in [-0.39, 0.29) is 0 Å². The average Bonchev–Trinajstić information content (AvgIpc) is 2.90. The number of nitrogens with zero attached hydrogens (tertiary/aromatic N) is 2. The molecule has 0 saturated carbocycles. The van der Waals surface area contributed by atoms with E-state index in [4.69, 9.17) is 29.3 Å². The van der Waals surface area contributed by atoms with Crippen molar-refractivity contribution < 1.29 is 29.3 Å². The molecule has 1 heterocycles. The predicted molar refractivity (Wildman–Crippen MR) is 136 cm³/mol. The van der Waals surface area contributed by atoms with Gasteiger partial charge in [0.25, 0.3) is 0 Å². The highest BCUT2D eigenvalue weighted by Crippen LogP contribution is 2.27. The molecule has 0 aliphatic carbocycles. The first-order valence-corrected chi connectivity index (χ1v) is 11.8. The Kier molecular flexibility index (Phi) is 10.8. The molecule has 8 heteroatoms. The van der Waals surface area contributed by atoms with Gasteiger partial charge in [0, 0.05) is 39.3 Å². The first kappa shape index (κ1) is 26.7. The molecule has 1 saturated heterocycles. The summed E-state index contributed by atoms with van der Waals surface area (Å²) in [6, 6.07) is 28.9. The molecular weight excluding hydrogens is 460 g/mol. The number of aliphatic carboxylic acids is 2. The minimum atomic E-state index is -1.82. The number of piperazine rings is 1. The Morgan fingerprint density at radius 1 is 0.639 bits per heavy atom. The molecule has 0 spiro atoms. The standard InChI is InChI=1S/C26H30N2O2.C2H2O4/c1-3-9-23(10-4-1)21-28-17-15-27(16-18-28)19-20-29-25-13-7-8-14-26(25)30-22-24-11-5-2-6-12-24;3-1(4)2(5)6/h1-14H,15-22H2;(H,3,4)(H,5,6). The lowest BCUT2D eigenvalue weighted by molar-refractivity contribution is -0.159. The summed E-state index contributed by atoms with van der Waals surface area (Å²) >= 11 is 0. The van der Waals surface area contributed by atoms with Crippen LogP contribution in [0.1, 0.15) is 11.1 Å². The Bertz CT molecular complexity index is 1060. The number of ether oxygens (including phenoxy) is 2. The van der Waals surface area contributed by atoms with Crippen LogP contribution in [0.3, 0.4) is 0 Å². The van der Waals surface area contributed by atoms with Crippen molar-refractivity contribution in [2.24, 2.45) is 0 Å². The van der Waals surface area contributed by atoms with Gasteiger partial charge in [-0.1, -0.05) is 72.8 Å². The highest BCUT2D eigenvalue weighted by atomic mass is 16.5. The quantitative estimate of drug-likeness (QED) is 0.437. The molecule has 190 valence electrons. The van der Waals surface area contributed by atoms with E-state index in [0.29, 0.717) is 13.2 Å². The van der Waals surface area contributed by atoms with Gasteiger partial charge in [-0.2, -0.15) is 0 Å². The topological polar surface area (TPSA) is 99.5 Å². The smallest absolute Gasteiger partial charge is 0.414 e. The summed E-state index contributed by atoms with van der Waals surface area (Å²) in [5.41, 5.74) is 2.54. The molecule has 1 aliphatic heterocycles. The summed E-state index contributed by atoms with van der Waals surface area (Å²) in [7, 11) is 0. The van der Waals surface area contributed by atoms with E-state index in [1.54, 1.807) is 0 Å². The monoisotopic (exact) mass is 492 g/mol. The molecule has 4 rings (SSSR count). The van der Waals surface area contributed by atoms with Crippen LogP contribution in [0.25, 0.3) is 0 Å². The van der Waals surface area contributed by atoms with E-state index in [1.807, 2.05) is 42.5 Å². The number of hydrogen-bond donors (Lipinski definition) is 2. The van der Waals surface area contributed by atoms with E-state index in [9.17, 15) is 0 Å². The van der Waals surface area contributed by atoms with Crippen LogP contribution in [0, 0.1) is 0 Å². The summed E-state index contributed by atoms with van der Waals surface area (Å²) in [6.45, 7) is 7.57. The number of rotatable bonds is 9. The second-order valence-corrected chi connectivity index (χ2v) is 8.28. The fourth-order valence-corrected chi connectivity index (χ4v) is 3.72. The molecule has 0 radical (unpaired) electrons. The van der Waals surface area contributed by atoms with E-state index >= 15 is 0 Å². The highest BCUT2D eigenvalue weighted by Gasteiger charge is 2.17. The first-order valence-electron chi connectivity index (χ1n) is 11.8. The van der Waals surface area contributed by atoms with Crippen molar-refractivity contribution in [3.63, 3.8) is 0 Å². The number of benzene rings is 3. The Labute approximate surface area is 211 Å². The van der Waals surface area contributed by atoms with Crippen molar-refractivity contribution >= 4 is 11.9 Å². The maximum atomic E-state index is 9.10. The number of carboxylic acids is 2. The molecule has 0 bridgehead atoms. The molecular formula is C28H32N2O6. The maximum Gasteiger partial charge on any atom is 0.414 e. The molecule has 1 aliphatic rings. The van der Waals surface area contributed by atoms with Crippen molar-refractivity contribution in [2.75, 3.05) is 39.3 Å². The van der Waals surface area contributed by atoms with Gasteiger partial charge in [0.2, 0.25) is 0 Å². The van der Waals surface area contributed by atoms with E-state index in [0.717, 1.165) is 56.3 Å². The molecule has 0 atom stereocenters. The Morgan fingerprint density at radius 2 is 1.11 bits per heavy atom. The average molecular weight is 493 g/mol. The minimum absolute atomic E-state index is 0.546. The van der Waals surface area contributed by atoms with Crippen molar-refractivity contribution in [1.29, 1.82) is 0 Å². The second kappa shape index (κ2) is 14.5. The van der Waals surface area contributed by atoms with Gasteiger partial charge in [-0.15, -0.1) is 0 Å². The Hall–Kier alpha value is -3.88. The van der Waals surface area contributed by atoms with Gasteiger partial charge in [-0.05, 0) is 23.3 Å². The molecule has 0 unspecified atom stereocenters. The van der Waals surface area contributed by atoms with E-state index in [2.05, 4.69) is 52.3 Å². The lowest BCUT2D eigenvalue weighted by Crippen LogP contribution is -2.47. The maximum absolute atomic E-state index is 9.10. The zero-order valence-corrected chi connectivity index (χ0v) is 20.2. The van der Waals surface area contributed by atoms with Crippen LogP contribution >= 0.6 is 0 Å². The Balaban J connectivity index is 0.000000538. The third kappa shape index (κ3) is 9.40. The van der Waals surface area contributed by atoms with Gasteiger partial charge in [-0.25, -0.2) is 9.59 Å². The van der Waals surface area contributed by atoms with Gasteiger partial charge in [-0.3, -0.25) is 9.80 Å². The van der Waals surface area contributed by atoms with Crippen LogP contribution in [0.4, 0.5) is 0 Å². The van der Waals surface area contributed by atoms with Crippen LogP contribution in [0.15, 0.2) is 84.9 Å². The molecule has 36 heavy (non-hydrogen) atoms. The third-order valence-corrected chi connectivity index (χ3v) is 5.65.